The molecule has 2 amide bonds. The van der Waals surface area contributed by atoms with Gasteiger partial charge in [0.05, 0.1) is 11.4 Å². The quantitative estimate of drug-likeness (QED) is 0.514. The Hall–Kier alpha value is -3.12. The van der Waals surface area contributed by atoms with Gasteiger partial charge in [0.25, 0.3) is 5.91 Å². The van der Waals surface area contributed by atoms with Gasteiger partial charge in [-0.15, -0.1) is 11.3 Å². The Balaban J connectivity index is 1.57. The molecule has 0 aliphatic carbocycles. The van der Waals surface area contributed by atoms with Gasteiger partial charge in [0.15, 0.2) is 0 Å². The molecule has 1 atom stereocenters. The molecular formula is C24H26N2O3S. The molecule has 1 aromatic heterocycles. The molecule has 156 valence electrons. The van der Waals surface area contributed by atoms with E-state index in [9.17, 15) is 9.59 Å². The molecule has 1 heterocycles. The van der Waals surface area contributed by atoms with E-state index in [-0.39, 0.29) is 11.8 Å². The molecular weight excluding hydrogens is 396 g/mol. The lowest BCUT2D eigenvalue weighted by atomic mass is 10.1. The molecule has 0 aliphatic heterocycles. The monoisotopic (exact) mass is 422 g/mol. The zero-order chi connectivity index (χ0) is 21.3. The van der Waals surface area contributed by atoms with Crippen LogP contribution in [0.2, 0.25) is 0 Å². The van der Waals surface area contributed by atoms with Crippen LogP contribution < -0.4 is 15.4 Å². The smallest absolute Gasteiger partial charge is 0.262 e. The average Bonchev–Trinajstić information content (AvgIpc) is 3.27. The first-order valence-electron chi connectivity index (χ1n) is 9.89. The van der Waals surface area contributed by atoms with Crippen LogP contribution >= 0.6 is 11.3 Å². The third kappa shape index (κ3) is 6.19. The van der Waals surface area contributed by atoms with Gasteiger partial charge in [-0.3, -0.25) is 9.59 Å². The fourth-order valence-corrected chi connectivity index (χ4v) is 3.74. The molecule has 0 saturated heterocycles. The predicted molar refractivity (Wildman–Crippen MR) is 120 cm³/mol. The Kier molecular flexibility index (Phi) is 7.63. The van der Waals surface area contributed by atoms with Gasteiger partial charge in [-0.25, -0.2) is 0 Å². The van der Waals surface area contributed by atoms with E-state index in [4.69, 9.17) is 4.74 Å². The highest BCUT2D eigenvalue weighted by atomic mass is 32.1. The van der Waals surface area contributed by atoms with Gasteiger partial charge >= 0.3 is 0 Å². The average molecular weight is 423 g/mol. The molecule has 0 unspecified atom stereocenters. The predicted octanol–water partition coefficient (Wildman–Crippen LogP) is 3.90. The lowest BCUT2D eigenvalue weighted by molar-refractivity contribution is -0.123. The summed E-state index contributed by atoms with van der Waals surface area (Å²) >= 11 is 1.35. The lowest BCUT2D eigenvalue weighted by Crippen LogP contribution is -2.48. The Morgan fingerprint density at radius 1 is 1.03 bits per heavy atom. The fourth-order valence-electron chi connectivity index (χ4n) is 3.12. The van der Waals surface area contributed by atoms with Crippen LogP contribution in [0.15, 0.2) is 66.0 Å². The molecule has 5 nitrogen and oxygen atoms in total. The summed E-state index contributed by atoms with van der Waals surface area (Å²) < 4.78 is 5.78. The maximum absolute atomic E-state index is 12.8. The van der Waals surface area contributed by atoms with E-state index in [1.807, 2.05) is 67.8 Å². The number of benzene rings is 2. The Morgan fingerprint density at radius 3 is 2.53 bits per heavy atom. The van der Waals surface area contributed by atoms with Crippen molar-refractivity contribution in [2.45, 2.75) is 26.3 Å². The highest BCUT2D eigenvalue weighted by Crippen LogP contribution is 2.18. The molecule has 0 bridgehead atoms. The summed E-state index contributed by atoms with van der Waals surface area (Å²) in [6.45, 7) is 4.74. The van der Waals surface area contributed by atoms with Crippen molar-refractivity contribution in [3.63, 3.8) is 0 Å². The number of carbonyl (C=O) groups excluding carboxylic acids is 2. The van der Waals surface area contributed by atoms with Gasteiger partial charge in [-0.1, -0.05) is 54.1 Å². The molecule has 2 N–H and O–H groups in total. The van der Waals surface area contributed by atoms with Gasteiger partial charge in [-0.05, 0) is 42.5 Å². The number of amides is 2. The van der Waals surface area contributed by atoms with Crippen molar-refractivity contribution in [3.8, 4) is 5.75 Å². The topological polar surface area (TPSA) is 67.4 Å². The normalized spacial score (nSPS) is 11.5. The molecule has 0 aliphatic rings. The van der Waals surface area contributed by atoms with Crippen molar-refractivity contribution in [3.05, 3.63) is 87.6 Å². The van der Waals surface area contributed by atoms with Gasteiger partial charge in [0.2, 0.25) is 5.91 Å². The minimum atomic E-state index is -0.664. The minimum Gasteiger partial charge on any atom is -0.491 e. The molecule has 0 radical (unpaired) electrons. The zero-order valence-corrected chi connectivity index (χ0v) is 18.0. The van der Waals surface area contributed by atoms with Gasteiger partial charge in [-0.2, -0.15) is 0 Å². The summed E-state index contributed by atoms with van der Waals surface area (Å²) in [5.41, 5.74) is 3.22. The summed E-state index contributed by atoms with van der Waals surface area (Å²) in [6.07, 6.45) is 0.418. The third-order valence-electron chi connectivity index (χ3n) is 4.64. The van der Waals surface area contributed by atoms with Crippen molar-refractivity contribution >= 4 is 23.2 Å². The first kappa shape index (κ1) is 21.6. The number of rotatable bonds is 9. The number of hydrogen-bond acceptors (Lipinski definition) is 4. The Morgan fingerprint density at radius 2 is 1.83 bits per heavy atom. The minimum absolute atomic E-state index is 0.229. The first-order valence-corrected chi connectivity index (χ1v) is 10.8. The van der Waals surface area contributed by atoms with Crippen LogP contribution in [0, 0.1) is 13.8 Å². The maximum Gasteiger partial charge on any atom is 0.262 e. The van der Waals surface area contributed by atoms with Gasteiger partial charge in [0, 0.05) is 6.42 Å². The first-order chi connectivity index (χ1) is 14.5. The summed E-state index contributed by atoms with van der Waals surface area (Å²) in [6, 6.07) is 18.5. The second-order valence-electron chi connectivity index (χ2n) is 7.10. The summed E-state index contributed by atoms with van der Waals surface area (Å²) in [7, 11) is 0. The van der Waals surface area contributed by atoms with E-state index in [1.54, 1.807) is 6.07 Å². The number of aryl methyl sites for hydroxylation is 2. The van der Waals surface area contributed by atoms with Crippen LogP contribution in [0.4, 0.5) is 0 Å². The second kappa shape index (κ2) is 10.6. The van der Waals surface area contributed by atoms with Crippen molar-refractivity contribution in [2.75, 3.05) is 13.2 Å². The van der Waals surface area contributed by atoms with E-state index in [2.05, 4.69) is 16.7 Å². The van der Waals surface area contributed by atoms with Crippen LogP contribution in [-0.2, 0) is 11.2 Å². The number of hydrogen-bond donors (Lipinski definition) is 2. The van der Waals surface area contributed by atoms with E-state index < -0.39 is 6.04 Å². The third-order valence-corrected chi connectivity index (χ3v) is 5.51. The summed E-state index contributed by atoms with van der Waals surface area (Å²) in [4.78, 5) is 25.9. The number of ether oxygens (including phenoxy) is 1. The molecule has 3 aromatic rings. The molecule has 0 saturated carbocycles. The fraction of sp³-hybridized carbons (Fsp3) is 0.250. The highest BCUT2D eigenvalue weighted by Gasteiger charge is 2.22. The highest BCUT2D eigenvalue weighted by molar-refractivity contribution is 7.12. The van der Waals surface area contributed by atoms with Crippen LogP contribution in [-0.4, -0.2) is 31.0 Å². The summed E-state index contributed by atoms with van der Waals surface area (Å²) in [5, 5.41) is 7.58. The number of carbonyl (C=O) groups is 2. The van der Waals surface area contributed by atoms with Crippen molar-refractivity contribution < 1.29 is 14.3 Å². The van der Waals surface area contributed by atoms with E-state index in [0.717, 1.165) is 16.9 Å². The lowest BCUT2D eigenvalue weighted by Gasteiger charge is -2.19. The van der Waals surface area contributed by atoms with E-state index in [0.29, 0.717) is 24.4 Å². The molecule has 30 heavy (non-hydrogen) atoms. The maximum atomic E-state index is 12.8. The number of thiophene rings is 1. The van der Waals surface area contributed by atoms with E-state index in [1.165, 1.54) is 16.9 Å². The van der Waals surface area contributed by atoms with Crippen LogP contribution in [0.3, 0.4) is 0 Å². The zero-order valence-electron chi connectivity index (χ0n) is 17.2. The second-order valence-corrected chi connectivity index (χ2v) is 8.05. The van der Waals surface area contributed by atoms with Crippen molar-refractivity contribution in [2.24, 2.45) is 0 Å². The Bertz CT molecular complexity index is 971. The molecule has 3 rings (SSSR count). The molecule has 6 heteroatoms. The van der Waals surface area contributed by atoms with Crippen LogP contribution in [0.1, 0.15) is 26.4 Å². The van der Waals surface area contributed by atoms with E-state index >= 15 is 0 Å². The Labute approximate surface area is 181 Å². The van der Waals surface area contributed by atoms with Crippen LogP contribution in [0.25, 0.3) is 0 Å². The standard InChI is InChI=1S/C24H26N2O3S/c1-17-10-11-21(18(2)15-17)29-13-12-25-23(27)20(16-19-7-4-3-5-8-19)26-24(28)22-9-6-14-30-22/h3-11,14-15,20H,12-13,16H2,1-2H3,(H,25,27)(H,26,28)/t20-/m0/s1. The van der Waals surface area contributed by atoms with Crippen LogP contribution in [0.5, 0.6) is 5.75 Å². The number of nitrogens with one attached hydrogen (secondary N) is 2. The van der Waals surface area contributed by atoms with Crippen molar-refractivity contribution in [1.29, 1.82) is 0 Å². The van der Waals surface area contributed by atoms with Crippen molar-refractivity contribution in [1.82, 2.24) is 10.6 Å². The summed E-state index contributed by atoms with van der Waals surface area (Å²) in [5.74, 6) is 0.335. The molecule has 0 spiro atoms. The largest absolute Gasteiger partial charge is 0.491 e. The molecule has 2 aromatic carbocycles. The SMILES string of the molecule is Cc1ccc(OCCNC(=O)[C@H](Cc2ccccc2)NC(=O)c2cccs2)c(C)c1. The molecule has 0 fully saturated rings. The van der Waals surface area contributed by atoms with Gasteiger partial charge < -0.3 is 15.4 Å². The van der Waals surface area contributed by atoms with Gasteiger partial charge in [0.1, 0.15) is 18.4 Å².